The van der Waals surface area contributed by atoms with Crippen LogP contribution < -0.4 is 5.32 Å². The van der Waals surface area contributed by atoms with Crippen molar-refractivity contribution in [2.45, 2.75) is 11.4 Å². The zero-order valence-electron chi connectivity index (χ0n) is 10.6. The Kier molecular flexibility index (Phi) is 4.00. The van der Waals surface area contributed by atoms with Crippen LogP contribution in [0.2, 0.25) is 0 Å². The first-order valence-corrected chi connectivity index (χ1v) is 7.53. The highest BCUT2D eigenvalue weighted by atomic mass is 32.2. The van der Waals surface area contributed by atoms with Crippen LogP contribution in [0, 0.1) is 0 Å². The minimum Gasteiger partial charge on any atom is -0.378 e. The smallest absolute Gasteiger partial charge is 0.240 e. The standard InChI is InChI=1S/C13H17N3O2S/c17-13(16-4-6-18-7-5-16)11-9-19-12(15-11)10-2-1-3-14-8-10/h1-3,8,11-12,15H,4-7,9H2/t11-,12?/m0/s1. The number of rotatable bonds is 2. The average molecular weight is 279 g/mol. The van der Waals surface area contributed by atoms with Crippen LogP contribution in [0.3, 0.4) is 0 Å². The molecule has 1 aromatic rings. The first kappa shape index (κ1) is 12.9. The van der Waals surface area contributed by atoms with Gasteiger partial charge in [0.05, 0.1) is 24.6 Å². The van der Waals surface area contributed by atoms with Gasteiger partial charge in [0.2, 0.25) is 5.91 Å². The van der Waals surface area contributed by atoms with Crippen molar-refractivity contribution in [3.05, 3.63) is 30.1 Å². The lowest BCUT2D eigenvalue weighted by Crippen LogP contribution is -2.49. The number of morpholine rings is 1. The predicted octanol–water partition coefficient (Wildman–Crippen LogP) is 0.644. The zero-order chi connectivity index (χ0) is 13.1. The van der Waals surface area contributed by atoms with Gasteiger partial charge in [0, 0.05) is 31.2 Å². The molecule has 2 atom stereocenters. The first-order valence-electron chi connectivity index (χ1n) is 6.49. The summed E-state index contributed by atoms with van der Waals surface area (Å²) < 4.78 is 5.28. The van der Waals surface area contributed by atoms with Crippen LogP contribution in [-0.4, -0.2) is 53.9 Å². The molecule has 2 aliphatic rings. The zero-order valence-corrected chi connectivity index (χ0v) is 11.4. The molecule has 0 bridgehead atoms. The molecule has 0 radical (unpaired) electrons. The Labute approximate surface area is 116 Å². The number of hydrogen-bond acceptors (Lipinski definition) is 5. The van der Waals surface area contributed by atoms with E-state index in [1.54, 1.807) is 18.0 Å². The highest BCUT2D eigenvalue weighted by Crippen LogP contribution is 2.32. The molecule has 102 valence electrons. The SMILES string of the molecule is O=C([C@@H]1CSC(c2cccnc2)N1)N1CCOCC1. The summed E-state index contributed by atoms with van der Waals surface area (Å²) in [6.07, 6.45) is 3.62. The quantitative estimate of drug-likeness (QED) is 0.861. The van der Waals surface area contributed by atoms with Crippen LogP contribution in [0.15, 0.2) is 24.5 Å². The van der Waals surface area contributed by atoms with Crippen LogP contribution in [-0.2, 0) is 9.53 Å². The fourth-order valence-electron chi connectivity index (χ4n) is 2.34. The number of aromatic nitrogens is 1. The molecule has 19 heavy (non-hydrogen) atoms. The number of amides is 1. The molecular weight excluding hydrogens is 262 g/mol. The van der Waals surface area contributed by atoms with E-state index in [4.69, 9.17) is 4.74 Å². The van der Waals surface area contributed by atoms with E-state index in [1.807, 2.05) is 23.2 Å². The largest absolute Gasteiger partial charge is 0.378 e. The topological polar surface area (TPSA) is 54.5 Å². The summed E-state index contributed by atoms with van der Waals surface area (Å²) in [7, 11) is 0. The average Bonchev–Trinajstić information content (AvgIpc) is 2.98. The molecule has 2 saturated heterocycles. The van der Waals surface area contributed by atoms with Gasteiger partial charge in [0.1, 0.15) is 0 Å². The van der Waals surface area contributed by atoms with E-state index in [2.05, 4.69) is 10.3 Å². The molecule has 6 heteroatoms. The van der Waals surface area contributed by atoms with E-state index < -0.39 is 0 Å². The van der Waals surface area contributed by atoms with Gasteiger partial charge in [-0.2, -0.15) is 0 Å². The molecule has 0 spiro atoms. The molecule has 2 fully saturated rings. The molecule has 5 nitrogen and oxygen atoms in total. The maximum absolute atomic E-state index is 12.4. The molecule has 1 aromatic heterocycles. The van der Waals surface area contributed by atoms with E-state index in [9.17, 15) is 4.79 Å². The van der Waals surface area contributed by atoms with Gasteiger partial charge in [-0.15, -0.1) is 11.8 Å². The van der Waals surface area contributed by atoms with Crippen LogP contribution >= 0.6 is 11.8 Å². The van der Waals surface area contributed by atoms with E-state index >= 15 is 0 Å². The molecule has 3 rings (SSSR count). The van der Waals surface area contributed by atoms with Crippen molar-refractivity contribution in [2.24, 2.45) is 0 Å². The van der Waals surface area contributed by atoms with Gasteiger partial charge in [-0.3, -0.25) is 15.1 Å². The highest BCUT2D eigenvalue weighted by Gasteiger charge is 2.33. The Morgan fingerprint density at radius 3 is 3.05 bits per heavy atom. The second-order valence-electron chi connectivity index (χ2n) is 4.66. The fraction of sp³-hybridized carbons (Fsp3) is 0.538. The predicted molar refractivity (Wildman–Crippen MR) is 73.8 cm³/mol. The van der Waals surface area contributed by atoms with Gasteiger partial charge < -0.3 is 9.64 Å². The minimum absolute atomic E-state index is 0.0895. The minimum atomic E-state index is -0.0895. The third-order valence-corrected chi connectivity index (χ3v) is 4.66. The van der Waals surface area contributed by atoms with Crippen molar-refractivity contribution in [2.75, 3.05) is 32.1 Å². The van der Waals surface area contributed by atoms with E-state index in [1.165, 1.54) is 0 Å². The maximum atomic E-state index is 12.4. The summed E-state index contributed by atoms with van der Waals surface area (Å²) >= 11 is 1.77. The van der Waals surface area contributed by atoms with Gasteiger partial charge in [-0.05, 0) is 11.6 Å². The molecule has 1 unspecified atom stereocenters. The number of pyridine rings is 1. The maximum Gasteiger partial charge on any atom is 0.240 e. The van der Waals surface area contributed by atoms with Gasteiger partial charge in [-0.25, -0.2) is 0 Å². The Balaban J connectivity index is 1.61. The van der Waals surface area contributed by atoms with Crippen LogP contribution in [0.4, 0.5) is 0 Å². The van der Waals surface area contributed by atoms with Crippen LogP contribution in [0.5, 0.6) is 0 Å². The van der Waals surface area contributed by atoms with E-state index in [-0.39, 0.29) is 17.3 Å². The monoisotopic (exact) mass is 279 g/mol. The van der Waals surface area contributed by atoms with Crippen molar-refractivity contribution in [1.82, 2.24) is 15.2 Å². The molecule has 0 aromatic carbocycles. The molecule has 0 aliphatic carbocycles. The van der Waals surface area contributed by atoms with Gasteiger partial charge in [0.15, 0.2) is 0 Å². The summed E-state index contributed by atoms with van der Waals surface area (Å²) in [5.74, 6) is 1.01. The molecule has 1 N–H and O–H groups in total. The lowest BCUT2D eigenvalue weighted by atomic mass is 10.2. The van der Waals surface area contributed by atoms with Crippen molar-refractivity contribution in [3.8, 4) is 0 Å². The summed E-state index contributed by atoms with van der Waals surface area (Å²) in [4.78, 5) is 18.4. The van der Waals surface area contributed by atoms with Crippen molar-refractivity contribution < 1.29 is 9.53 Å². The molecule has 0 saturated carbocycles. The van der Waals surface area contributed by atoms with Crippen molar-refractivity contribution in [3.63, 3.8) is 0 Å². The van der Waals surface area contributed by atoms with Gasteiger partial charge in [-0.1, -0.05) is 6.07 Å². The number of thioether (sulfide) groups is 1. The third kappa shape index (κ3) is 2.91. The molecular formula is C13H17N3O2S. The first-order chi connectivity index (χ1) is 9.34. The van der Waals surface area contributed by atoms with Gasteiger partial charge in [0.25, 0.3) is 0 Å². The van der Waals surface area contributed by atoms with Crippen molar-refractivity contribution in [1.29, 1.82) is 0 Å². The number of ether oxygens (including phenoxy) is 1. The summed E-state index contributed by atoms with van der Waals surface area (Å²) in [5, 5.41) is 3.57. The fourth-order valence-corrected chi connectivity index (χ4v) is 3.56. The summed E-state index contributed by atoms with van der Waals surface area (Å²) in [5.41, 5.74) is 1.13. The summed E-state index contributed by atoms with van der Waals surface area (Å²) in [6.45, 7) is 2.72. The van der Waals surface area contributed by atoms with E-state index in [0.29, 0.717) is 26.3 Å². The number of nitrogens with one attached hydrogen (secondary N) is 1. The molecule has 2 aliphatic heterocycles. The van der Waals surface area contributed by atoms with Crippen molar-refractivity contribution >= 4 is 17.7 Å². The van der Waals surface area contributed by atoms with Crippen LogP contribution in [0.1, 0.15) is 10.9 Å². The Morgan fingerprint density at radius 2 is 2.32 bits per heavy atom. The number of carbonyl (C=O) groups is 1. The lowest BCUT2D eigenvalue weighted by Gasteiger charge is -2.29. The molecule has 3 heterocycles. The second-order valence-corrected chi connectivity index (χ2v) is 5.79. The third-order valence-electron chi connectivity index (χ3n) is 3.39. The Morgan fingerprint density at radius 1 is 1.47 bits per heavy atom. The molecule has 1 amide bonds. The number of nitrogens with zero attached hydrogens (tertiary/aromatic N) is 2. The Bertz CT molecular complexity index is 437. The highest BCUT2D eigenvalue weighted by molar-refractivity contribution is 7.99. The number of hydrogen-bond donors (Lipinski definition) is 1. The number of carbonyl (C=O) groups excluding carboxylic acids is 1. The lowest BCUT2D eigenvalue weighted by molar-refractivity contribution is -0.136. The van der Waals surface area contributed by atoms with E-state index in [0.717, 1.165) is 11.3 Å². The Hall–Kier alpha value is -1.11. The van der Waals surface area contributed by atoms with Crippen LogP contribution in [0.25, 0.3) is 0 Å². The second kappa shape index (κ2) is 5.90. The van der Waals surface area contributed by atoms with Gasteiger partial charge >= 0.3 is 0 Å². The summed E-state index contributed by atoms with van der Waals surface area (Å²) in [6, 6.07) is 3.88. The normalized spacial score (nSPS) is 27.5.